The Kier molecular flexibility index (Phi) is 3.13. The highest BCUT2D eigenvalue weighted by Gasteiger charge is 2.23. The van der Waals surface area contributed by atoms with Crippen LogP contribution in [0.1, 0.15) is 50.3 Å². The van der Waals surface area contributed by atoms with Crippen molar-refractivity contribution < 1.29 is 5.11 Å². The molecule has 2 aromatic rings. The van der Waals surface area contributed by atoms with E-state index in [4.69, 9.17) is 0 Å². The summed E-state index contributed by atoms with van der Waals surface area (Å²) < 4.78 is 2.49. The van der Waals surface area contributed by atoms with Gasteiger partial charge in [0.25, 0.3) is 0 Å². The van der Waals surface area contributed by atoms with Gasteiger partial charge >= 0.3 is 0 Å². The van der Waals surface area contributed by atoms with Gasteiger partial charge in [0, 0.05) is 23.2 Å². The van der Waals surface area contributed by atoms with Crippen LogP contribution in [0.5, 0.6) is 0 Å². The monoisotopic (exact) mass is 243 g/mol. The van der Waals surface area contributed by atoms with Crippen LogP contribution in [0.4, 0.5) is 0 Å². The van der Waals surface area contributed by atoms with Gasteiger partial charge in [-0.15, -0.1) is 0 Å². The zero-order valence-electron chi connectivity index (χ0n) is 11.0. The first-order valence-electron chi connectivity index (χ1n) is 7.02. The third-order valence-electron chi connectivity index (χ3n) is 4.25. The molecule has 0 saturated heterocycles. The van der Waals surface area contributed by atoms with Crippen molar-refractivity contribution in [2.75, 3.05) is 6.61 Å². The molecule has 1 saturated carbocycles. The van der Waals surface area contributed by atoms with Gasteiger partial charge in [-0.3, -0.25) is 0 Å². The summed E-state index contributed by atoms with van der Waals surface area (Å²) in [5.74, 6) is 0.220. The molecule has 0 spiro atoms. The number of hydrogen-bond acceptors (Lipinski definition) is 1. The summed E-state index contributed by atoms with van der Waals surface area (Å²) in [6, 6.07) is 11.5. The van der Waals surface area contributed by atoms with Gasteiger partial charge in [-0.25, -0.2) is 0 Å². The largest absolute Gasteiger partial charge is 0.396 e. The fourth-order valence-corrected chi connectivity index (χ4v) is 3.24. The smallest absolute Gasteiger partial charge is 0.0511 e. The van der Waals surface area contributed by atoms with Crippen molar-refractivity contribution in [1.29, 1.82) is 0 Å². The van der Waals surface area contributed by atoms with Gasteiger partial charge in [-0.05, 0) is 30.4 Å². The van der Waals surface area contributed by atoms with E-state index in [9.17, 15) is 5.11 Å². The number of rotatable bonds is 3. The highest BCUT2D eigenvalue weighted by atomic mass is 16.3. The van der Waals surface area contributed by atoms with Gasteiger partial charge in [-0.1, -0.05) is 38.0 Å². The van der Waals surface area contributed by atoms with Gasteiger partial charge in [0.05, 0.1) is 6.61 Å². The molecular formula is C16H21NO. The quantitative estimate of drug-likeness (QED) is 0.870. The van der Waals surface area contributed by atoms with Crippen LogP contribution in [-0.4, -0.2) is 16.3 Å². The van der Waals surface area contributed by atoms with Crippen LogP contribution in [-0.2, 0) is 0 Å². The van der Waals surface area contributed by atoms with Crippen molar-refractivity contribution in [3.8, 4) is 0 Å². The van der Waals surface area contributed by atoms with Crippen LogP contribution in [0.3, 0.4) is 0 Å². The SMILES string of the molecule is CC(CO)c1cc2ccccc2n1C1CCCC1. The summed E-state index contributed by atoms with van der Waals surface area (Å²) in [6.45, 7) is 2.34. The predicted octanol–water partition coefficient (Wildman–Crippen LogP) is 3.85. The summed E-state index contributed by atoms with van der Waals surface area (Å²) in [4.78, 5) is 0. The molecule has 0 bridgehead atoms. The van der Waals surface area contributed by atoms with Crippen LogP contribution in [0.25, 0.3) is 10.9 Å². The van der Waals surface area contributed by atoms with E-state index in [2.05, 4.69) is 41.8 Å². The maximum Gasteiger partial charge on any atom is 0.0511 e. The molecule has 18 heavy (non-hydrogen) atoms. The molecule has 96 valence electrons. The maximum absolute atomic E-state index is 9.47. The second-order valence-corrected chi connectivity index (χ2v) is 5.52. The lowest BCUT2D eigenvalue weighted by Gasteiger charge is -2.20. The Balaban J connectivity index is 2.17. The Morgan fingerprint density at radius 3 is 2.72 bits per heavy atom. The Bertz CT molecular complexity index is 537. The van der Waals surface area contributed by atoms with Crippen LogP contribution in [0.15, 0.2) is 30.3 Å². The van der Waals surface area contributed by atoms with Crippen molar-refractivity contribution in [3.63, 3.8) is 0 Å². The van der Waals surface area contributed by atoms with Crippen molar-refractivity contribution in [2.24, 2.45) is 0 Å². The first kappa shape index (κ1) is 11.8. The number of fused-ring (bicyclic) bond motifs is 1. The standard InChI is InChI=1S/C16H21NO/c1-12(11-18)16-10-13-6-2-5-9-15(13)17(16)14-7-3-4-8-14/h2,5-6,9-10,12,14,18H,3-4,7-8,11H2,1H3. The number of aliphatic hydroxyl groups excluding tert-OH is 1. The fourth-order valence-electron chi connectivity index (χ4n) is 3.24. The van der Waals surface area contributed by atoms with E-state index in [-0.39, 0.29) is 12.5 Å². The molecule has 1 unspecified atom stereocenters. The summed E-state index contributed by atoms with van der Waals surface area (Å²) in [5.41, 5.74) is 2.63. The van der Waals surface area contributed by atoms with Gasteiger partial charge < -0.3 is 9.67 Å². The molecule has 2 heteroatoms. The number of para-hydroxylation sites is 1. The second-order valence-electron chi connectivity index (χ2n) is 5.52. The third kappa shape index (κ3) is 1.85. The second kappa shape index (κ2) is 4.77. The summed E-state index contributed by atoms with van der Waals surface area (Å²) in [6.07, 6.45) is 5.24. The molecule has 1 aromatic carbocycles. The number of aliphatic hydroxyl groups is 1. The van der Waals surface area contributed by atoms with Crippen molar-refractivity contribution >= 4 is 10.9 Å². The first-order valence-corrected chi connectivity index (χ1v) is 7.02. The van der Waals surface area contributed by atoms with Crippen molar-refractivity contribution in [1.82, 2.24) is 4.57 Å². The predicted molar refractivity (Wildman–Crippen MR) is 74.9 cm³/mol. The maximum atomic E-state index is 9.47. The lowest BCUT2D eigenvalue weighted by molar-refractivity contribution is 0.267. The molecule has 1 atom stereocenters. The van der Waals surface area contributed by atoms with E-state index in [1.807, 2.05) is 0 Å². The molecule has 1 aliphatic rings. The van der Waals surface area contributed by atoms with Crippen LogP contribution in [0.2, 0.25) is 0 Å². The Morgan fingerprint density at radius 1 is 1.28 bits per heavy atom. The Hall–Kier alpha value is -1.28. The summed E-state index contributed by atoms with van der Waals surface area (Å²) >= 11 is 0. The fraction of sp³-hybridized carbons (Fsp3) is 0.500. The lowest BCUT2D eigenvalue weighted by Crippen LogP contribution is -2.12. The molecule has 3 rings (SSSR count). The summed E-state index contributed by atoms with van der Waals surface area (Å²) in [5, 5.41) is 10.8. The molecule has 1 aliphatic carbocycles. The van der Waals surface area contributed by atoms with Gasteiger partial charge in [-0.2, -0.15) is 0 Å². The molecule has 1 aromatic heterocycles. The molecule has 0 radical (unpaired) electrons. The van der Waals surface area contributed by atoms with Crippen LogP contribution in [0, 0.1) is 0 Å². The number of benzene rings is 1. The van der Waals surface area contributed by atoms with Gasteiger partial charge in [0.2, 0.25) is 0 Å². The topological polar surface area (TPSA) is 25.2 Å². The summed E-state index contributed by atoms with van der Waals surface area (Å²) in [7, 11) is 0. The van der Waals surface area contributed by atoms with E-state index in [1.54, 1.807) is 0 Å². The Morgan fingerprint density at radius 2 is 2.00 bits per heavy atom. The minimum atomic E-state index is 0.220. The van der Waals surface area contributed by atoms with Crippen LogP contribution < -0.4 is 0 Å². The van der Waals surface area contributed by atoms with Crippen LogP contribution >= 0.6 is 0 Å². The lowest BCUT2D eigenvalue weighted by atomic mass is 10.1. The zero-order valence-corrected chi connectivity index (χ0v) is 11.0. The molecule has 2 nitrogen and oxygen atoms in total. The number of aromatic nitrogens is 1. The van der Waals surface area contributed by atoms with E-state index >= 15 is 0 Å². The normalized spacial score (nSPS) is 18.6. The number of hydrogen-bond donors (Lipinski definition) is 1. The highest BCUT2D eigenvalue weighted by molar-refractivity contribution is 5.81. The third-order valence-corrected chi connectivity index (χ3v) is 4.25. The van der Waals surface area contributed by atoms with E-state index < -0.39 is 0 Å². The molecule has 1 heterocycles. The van der Waals surface area contributed by atoms with E-state index in [0.717, 1.165) is 0 Å². The number of nitrogens with zero attached hydrogens (tertiary/aromatic N) is 1. The molecular weight excluding hydrogens is 222 g/mol. The minimum Gasteiger partial charge on any atom is -0.396 e. The first-order chi connectivity index (χ1) is 8.81. The van der Waals surface area contributed by atoms with Gasteiger partial charge in [0.15, 0.2) is 0 Å². The Labute approximate surface area is 108 Å². The highest BCUT2D eigenvalue weighted by Crippen LogP contribution is 2.36. The average molecular weight is 243 g/mol. The average Bonchev–Trinajstić information content (AvgIpc) is 3.03. The van der Waals surface area contributed by atoms with Crippen molar-refractivity contribution in [2.45, 2.75) is 44.6 Å². The van der Waals surface area contributed by atoms with E-state index in [0.29, 0.717) is 6.04 Å². The molecule has 0 amide bonds. The van der Waals surface area contributed by atoms with Crippen molar-refractivity contribution in [3.05, 3.63) is 36.0 Å². The molecule has 0 aliphatic heterocycles. The molecule has 1 fully saturated rings. The van der Waals surface area contributed by atoms with Gasteiger partial charge in [0.1, 0.15) is 0 Å². The minimum absolute atomic E-state index is 0.220. The van der Waals surface area contributed by atoms with E-state index in [1.165, 1.54) is 42.3 Å². The zero-order chi connectivity index (χ0) is 12.5. The molecule has 1 N–H and O–H groups in total.